The van der Waals surface area contributed by atoms with E-state index in [0.29, 0.717) is 11.3 Å². The SMILES string of the molecule is O=S(=O)(O)CCC(=S)Cc1ccccc1. The molecule has 0 fully saturated rings. The van der Waals surface area contributed by atoms with Gasteiger partial charge < -0.3 is 0 Å². The zero-order chi connectivity index (χ0) is 11.3. The minimum atomic E-state index is -3.90. The zero-order valence-electron chi connectivity index (χ0n) is 8.09. The second-order valence-corrected chi connectivity index (χ2v) is 5.39. The summed E-state index contributed by atoms with van der Waals surface area (Å²) in [6.07, 6.45) is 0.800. The van der Waals surface area contributed by atoms with Gasteiger partial charge in [-0.25, -0.2) is 0 Å². The van der Waals surface area contributed by atoms with Gasteiger partial charge in [-0.2, -0.15) is 8.42 Å². The molecule has 1 aromatic carbocycles. The number of thiocarbonyl (C=S) groups is 1. The number of hydrogen-bond acceptors (Lipinski definition) is 3. The van der Waals surface area contributed by atoms with Crippen LogP contribution in [0.5, 0.6) is 0 Å². The van der Waals surface area contributed by atoms with Gasteiger partial charge in [0.2, 0.25) is 0 Å². The average Bonchev–Trinajstić information content (AvgIpc) is 2.15. The van der Waals surface area contributed by atoms with Crippen molar-refractivity contribution in [3.63, 3.8) is 0 Å². The third-order valence-electron chi connectivity index (χ3n) is 1.88. The molecule has 0 aliphatic rings. The van der Waals surface area contributed by atoms with Crippen molar-refractivity contribution in [3.05, 3.63) is 35.9 Å². The maximum atomic E-state index is 10.5. The van der Waals surface area contributed by atoms with E-state index < -0.39 is 10.1 Å². The zero-order valence-corrected chi connectivity index (χ0v) is 9.72. The molecule has 0 unspecified atom stereocenters. The van der Waals surface area contributed by atoms with Crippen LogP contribution < -0.4 is 0 Å². The Morgan fingerprint density at radius 2 is 1.87 bits per heavy atom. The second-order valence-electron chi connectivity index (χ2n) is 3.24. The average molecular weight is 244 g/mol. The third kappa shape index (κ3) is 5.61. The van der Waals surface area contributed by atoms with Crippen molar-refractivity contribution in [3.8, 4) is 0 Å². The molecule has 0 aromatic heterocycles. The Hall–Kier alpha value is -0.780. The molecule has 1 N–H and O–H groups in total. The highest BCUT2D eigenvalue weighted by Gasteiger charge is 2.07. The van der Waals surface area contributed by atoms with E-state index in [-0.39, 0.29) is 12.2 Å². The van der Waals surface area contributed by atoms with Crippen molar-refractivity contribution in [2.24, 2.45) is 0 Å². The molecule has 0 aliphatic heterocycles. The molecule has 0 saturated carbocycles. The van der Waals surface area contributed by atoms with E-state index in [4.69, 9.17) is 16.8 Å². The maximum absolute atomic E-state index is 10.5. The fraction of sp³-hybridized carbons (Fsp3) is 0.300. The Bertz CT molecular complexity index is 423. The third-order valence-corrected chi connectivity index (χ3v) is 2.95. The van der Waals surface area contributed by atoms with Gasteiger partial charge in [-0.05, 0) is 16.8 Å². The van der Waals surface area contributed by atoms with Crippen molar-refractivity contribution >= 4 is 27.2 Å². The summed E-state index contributed by atoms with van der Waals surface area (Å²) in [5, 5.41) is 0. The van der Waals surface area contributed by atoms with Crippen molar-refractivity contribution < 1.29 is 13.0 Å². The Labute approximate surface area is 94.9 Å². The van der Waals surface area contributed by atoms with Crippen LogP contribution in [0.4, 0.5) is 0 Å². The molecule has 3 nitrogen and oxygen atoms in total. The van der Waals surface area contributed by atoms with Gasteiger partial charge in [0.15, 0.2) is 0 Å². The molecule has 0 radical (unpaired) electrons. The molecule has 5 heteroatoms. The highest BCUT2D eigenvalue weighted by Crippen LogP contribution is 2.04. The van der Waals surface area contributed by atoms with Gasteiger partial charge >= 0.3 is 0 Å². The number of rotatable bonds is 5. The largest absolute Gasteiger partial charge is 0.286 e. The summed E-state index contributed by atoms with van der Waals surface area (Å²) < 4.78 is 29.5. The van der Waals surface area contributed by atoms with Gasteiger partial charge in [-0.15, -0.1) is 0 Å². The van der Waals surface area contributed by atoms with Crippen molar-refractivity contribution in [1.82, 2.24) is 0 Å². The van der Waals surface area contributed by atoms with E-state index >= 15 is 0 Å². The summed E-state index contributed by atoms with van der Waals surface area (Å²) in [7, 11) is -3.90. The lowest BCUT2D eigenvalue weighted by molar-refractivity contribution is 0.483. The topological polar surface area (TPSA) is 54.4 Å². The second kappa shape index (κ2) is 5.34. The van der Waals surface area contributed by atoms with E-state index in [2.05, 4.69) is 0 Å². The first-order valence-electron chi connectivity index (χ1n) is 4.48. The molecule has 0 spiro atoms. The highest BCUT2D eigenvalue weighted by molar-refractivity contribution is 7.86. The van der Waals surface area contributed by atoms with Gasteiger partial charge in [0, 0.05) is 6.42 Å². The monoisotopic (exact) mass is 244 g/mol. The summed E-state index contributed by atoms with van der Waals surface area (Å²) in [6.45, 7) is 0. The Morgan fingerprint density at radius 1 is 1.27 bits per heavy atom. The minimum absolute atomic E-state index is 0.225. The molecule has 1 aromatic rings. The lowest BCUT2D eigenvalue weighted by atomic mass is 10.1. The van der Waals surface area contributed by atoms with Crippen LogP contribution in [-0.4, -0.2) is 23.6 Å². The number of benzene rings is 1. The van der Waals surface area contributed by atoms with Gasteiger partial charge in [-0.1, -0.05) is 42.5 Å². The molecular formula is C10H12O3S2. The lowest BCUT2D eigenvalue weighted by Crippen LogP contribution is -2.10. The quantitative estimate of drug-likeness (QED) is 0.634. The summed E-state index contributed by atoms with van der Waals surface area (Å²) in [5.74, 6) is -0.293. The van der Waals surface area contributed by atoms with Crippen LogP contribution in [0.15, 0.2) is 30.3 Å². The van der Waals surface area contributed by atoms with Crippen LogP contribution in [0.25, 0.3) is 0 Å². The molecule has 0 bridgehead atoms. The van der Waals surface area contributed by atoms with Crippen LogP contribution in [-0.2, 0) is 16.5 Å². The molecule has 82 valence electrons. The molecule has 0 heterocycles. The van der Waals surface area contributed by atoms with Crippen LogP contribution >= 0.6 is 12.2 Å². The molecule has 0 atom stereocenters. The highest BCUT2D eigenvalue weighted by atomic mass is 32.2. The summed E-state index contributed by atoms with van der Waals surface area (Å²) in [4.78, 5) is 0.638. The first-order chi connectivity index (χ1) is 6.97. The summed E-state index contributed by atoms with van der Waals surface area (Å²) >= 11 is 5.03. The van der Waals surface area contributed by atoms with Gasteiger partial charge in [0.1, 0.15) is 0 Å². The minimum Gasteiger partial charge on any atom is -0.286 e. The molecule has 1 rings (SSSR count). The molecular weight excluding hydrogens is 232 g/mol. The fourth-order valence-electron chi connectivity index (χ4n) is 1.15. The van der Waals surface area contributed by atoms with Gasteiger partial charge in [0.25, 0.3) is 10.1 Å². The molecule has 0 saturated heterocycles. The smallest absolute Gasteiger partial charge is 0.265 e. The van der Waals surface area contributed by atoms with Gasteiger partial charge in [-0.3, -0.25) is 4.55 Å². The van der Waals surface area contributed by atoms with Crippen molar-refractivity contribution in [2.75, 3.05) is 5.75 Å². The summed E-state index contributed by atoms with van der Waals surface area (Å²) in [5.41, 5.74) is 1.05. The Morgan fingerprint density at radius 3 is 2.40 bits per heavy atom. The van der Waals surface area contributed by atoms with E-state index in [1.807, 2.05) is 30.3 Å². The summed E-state index contributed by atoms with van der Waals surface area (Å²) in [6, 6.07) is 9.58. The molecule has 0 aliphatic carbocycles. The van der Waals surface area contributed by atoms with Crippen molar-refractivity contribution in [1.29, 1.82) is 0 Å². The first kappa shape index (κ1) is 12.3. The van der Waals surface area contributed by atoms with E-state index in [1.54, 1.807) is 0 Å². The Balaban J connectivity index is 2.44. The van der Waals surface area contributed by atoms with E-state index in [9.17, 15) is 8.42 Å². The van der Waals surface area contributed by atoms with Crippen LogP contribution in [0.1, 0.15) is 12.0 Å². The molecule has 0 amide bonds. The predicted octanol–water partition coefficient (Wildman–Crippen LogP) is 1.88. The lowest BCUT2D eigenvalue weighted by Gasteiger charge is -2.02. The normalized spacial score (nSPS) is 11.3. The van der Waals surface area contributed by atoms with Crippen LogP contribution in [0, 0.1) is 0 Å². The standard InChI is InChI=1S/C10H12O3S2/c11-15(12,13)7-6-10(14)8-9-4-2-1-3-5-9/h1-5H,6-8H2,(H,11,12,13). The number of hydrogen-bond donors (Lipinski definition) is 1. The maximum Gasteiger partial charge on any atom is 0.265 e. The predicted molar refractivity (Wildman–Crippen MR) is 63.8 cm³/mol. The first-order valence-corrected chi connectivity index (χ1v) is 6.50. The van der Waals surface area contributed by atoms with Gasteiger partial charge in [0.05, 0.1) is 5.75 Å². The Kier molecular flexibility index (Phi) is 4.38. The van der Waals surface area contributed by atoms with Crippen LogP contribution in [0.2, 0.25) is 0 Å². The van der Waals surface area contributed by atoms with Crippen LogP contribution in [0.3, 0.4) is 0 Å². The van der Waals surface area contributed by atoms with Crippen molar-refractivity contribution in [2.45, 2.75) is 12.8 Å². The fourth-order valence-corrected chi connectivity index (χ4v) is 2.06. The van der Waals surface area contributed by atoms with E-state index in [1.165, 1.54) is 0 Å². The molecule has 15 heavy (non-hydrogen) atoms. The van der Waals surface area contributed by atoms with E-state index in [0.717, 1.165) is 5.56 Å².